The van der Waals surface area contributed by atoms with Crippen LogP contribution in [0.5, 0.6) is 5.75 Å². The molecule has 0 saturated heterocycles. The standard InChI is InChI=1S/C15H19N3O2/c1-5-12-15(13(19)6-2)16-17-18(12)11-7-8-14(20-4)10(3)9-11/h7-9H,5-6H2,1-4H3. The fourth-order valence-corrected chi connectivity index (χ4v) is 2.20. The Morgan fingerprint density at radius 3 is 2.65 bits per heavy atom. The molecular weight excluding hydrogens is 254 g/mol. The lowest BCUT2D eigenvalue weighted by molar-refractivity contribution is 0.0982. The third-order valence-corrected chi connectivity index (χ3v) is 3.31. The van der Waals surface area contributed by atoms with E-state index in [1.165, 1.54) is 0 Å². The molecule has 5 nitrogen and oxygen atoms in total. The molecule has 0 saturated carbocycles. The maximum Gasteiger partial charge on any atom is 0.184 e. The summed E-state index contributed by atoms with van der Waals surface area (Å²) in [7, 11) is 1.65. The van der Waals surface area contributed by atoms with Crippen LogP contribution in [0.3, 0.4) is 0 Å². The van der Waals surface area contributed by atoms with E-state index in [2.05, 4.69) is 10.3 Å². The molecule has 1 heterocycles. The third kappa shape index (κ3) is 2.43. The Kier molecular flexibility index (Phi) is 4.17. The van der Waals surface area contributed by atoms with Crippen LogP contribution in [0.1, 0.15) is 42.0 Å². The zero-order valence-electron chi connectivity index (χ0n) is 12.3. The molecule has 0 N–H and O–H groups in total. The molecule has 0 spiro atoms. The molecule has 0 unspecified atom stereocenters. The van der Waals surface area contributed by atoms with E-state index in [0.717, 1.165) is 22.7 Å². The maximum absolute atomic E-state index is 11.9. The van der Waals surface area contributed by atoms with Gasteiger partial charge in [-0.25, -0.2) is 4.68 Å². The lowest BCUT2D eigenvalue weighted by Gasteiger charge is -2.09. The summed E-state index contributed by atoms with van der Waals surface area (Å²) < 4.78 is 6.99. The molecule has 106 valence electrons. The zero-order valence-corrected chi connectivity index (χ0v) is 12.3. The molecule has 1 aromatic heterocycles. The van der Waals surface area contributed by atoms with Gasteiger partial charge in [-0.2, -0.15) is 0 Å². The third-order valence-electron chi connectivity index (χ3n) is 3.31. The number of ether oxygens (including phenoxy) is 1. The van der Waals surface area contributed by atoms with Crippen molar-refractivity contribution in [3.05, 3.63) is 35.2 Å². The van der Waals surface area contributed by atoms with Crippen LogP contribution < -0.4 is 4.74 Å². The van der Waals surface area contributed by atoms with Crippen molar-refractivity contribution in [3.8, 4) is 11.4 Å². The highest BCUT2D eigenvalue weighted by atomic mass is 16.5. The molecule has 0 aliphatic carbocycles. The first-order valence-corrected chi connectivity index (χ1v) is 6.75. The topological polar surface area (TPSA) is 57.0 Å². The summed E-state index contributed by atoms with van der Waals surface area (Å²) in [5.74, 6) is 0.857. The molecule has 2 rings (SSSR count). The first kappa shape index (κ1) is 14.2. The van der Waals surface area contributed by atoms with E-state index >= 15 is 0 Å². The second kappa shape index (κ2) is 5.86. The van der Waals surface area contributed by atoms with E-state index in [0.29, 0.717) is 18.5 Å². The van der Waals surface area contributed by atoms with Gasteiger partial charge >= 0.3 is 0 Å². The summed E-state index contributed by atoms with van der Waals surface area (Å²) >= 11 is 0. The van der Waals surface area contributed by atoms with E-state index in [-0.39, 0.29) is 5.78 Å². The number of rotatable bonds is 5. The number of aryl methyl sites for hydroxylation is 1. The fraction of sp³-hybridized carbons (Fsp3) is 0.400. The van der Waals surface area contributed by atoms with Crippen molar-refractivity contribution in [1.82, 2.24) is 15.0 Å². The number of carbonyl (C=O) groups excluding carboxylic acids is 1. The summed E-state index contributed by atoms with van der Waals surface area (Å²) in [4.78, 5) is 11.9. The van der Waals surface area contributed by atoms with Gasteiger partial charge in [-0.15, -0.1) is 5.10 Å². The lowest BCUT2D eigenvalue weighted by Crippen LogP contribution is -2.06. The summed E-state index contributed by atoms with van der Waals surface area (Å²) in [5.41, 5.74) is 3.23. The van der Waals surface area contributed by atoms with Crippen molar-refractivity contribution >= 4 is 5.78 Å². The number of ketones is 1. The van der Waals surface area contributed by atoms with E-state index in [1.54, 1.807) is 11.8 Å². The van der Waals surface area contributed by atoms with Crippen LogP contribution in [0.15, 0.2) is 18.2 Å². The highest BCUT2D eigenvalue weighted by molar-refractivity contribution is 5.95. The molecule has 0 fully saturated rings. The van der Waals surface area contributed by atoms with Crippen LogP contribution in [0.2, 0.25) is 0 Å². The normalized spacial score (nSPS) is 10.6. The van der Waals surface area contributed by atoms with Crippen LogP contribution in [0.25, 0.3) is 5.69 Å². The predicted molar refractivity (Wildman–Crippen MR) is 76.6 cm³/mol. The van der Waals surface area contributed by atoms with Gasteiger partial charge in [-0.3, -0.25) is 4.79 Å². The largest absolute Gasteiger partial charge is 0.496 e. The van der Waals surface area contributed by atoms with Gasteiger partial charge in [0.1, 0.15) is 5.75 Å². The predicted octanol–water partition coefficient (Wildman–Crippen LogP) is 2.74. The second-order valence-electron chi connectivity index (χ2n) is 4.58. The molecule has 0 amide bonds. The molecule has 0 aliphatic rings. The van der Waals surface area contributed by atoms with Gasteiger partial charge in [0.2, 0.25) is 0 Å². The lowest BCUT2D eigenvalue weighted by atomic mass is 10.1. The Balaban J connectivity index is 2.50. The van der Waals surface area contributed by atoms with Crippen molar-refractivity contribution in [2.75, 3.05) is 7.11 Å². The molecule has 0 bridgehead atoms. The van der Waals surface area contributed by atoms with Gasteiger partial charge in [0.15, 0.2) is 11.5 Å². The second-order valence-corrected chi connectivity index (χ2v) is 4.58. The van der Waals surface area contributed by atoms with Crippen molar-refractivity contribution in [1.29, 1.82) is 0 Å². The number of aromatic nitrogens is 3. The van der Waals surface area contributed by atoms with Crippen LogP contribution in [0.4, 0.5) is 0 Å². The smallest absolute Gasteiger partial charge is 0.184 e. The highest BCUT2D eigenvalue weighted by Gasteiger charge is 2.18. The first-order valence-electron chi connectivity index (χ1n) is 6.75. The quantitative estimate of drug-likeness (QED) is 0.786. The molecule has 2 aromatic rings. The molecular formula is C15H19N3O2. The molecule has 0 aliphatic heterocycles. The van der Waals surface area contributed by atoms with Crippen molar-refractivity contribution in [2.45, 2.75) is 33.6 Å². The minimum atomic E-state index is 0.0262. The molecule has 1 aromatic carbocycles. The van der Waals surface area contributed by atoms with Crippen molar-refractivity contribution in [3.63, 3.8) is 0 Å². The zero-order chi connectivity index (χ0) is 14.7. The van der Waals surface area contributed by atoms with E-state index in [4.69, 9.17) is 4.74 Å². The Morgan fingerprint density at radius 1 is 1.35 bits per heavy atom. The average Bonchev–Trinajstić information content (AvgIpc) is 2.90. The van der Waals surface area contributed by atoms with Gasteiger partial charge in [-0.05, 0) is 37.1 Å². The number of nitrogens with zero attached hydrogens (tertiary/aromatic N) is 3. The molecule has 5 heteroatoms. The van der Waals surface area contributed by atoms with Gasteiger partial charge < -0.3 is 4.74 Å². The van der Waals surface area contributed by atoms with Crippen molar-refractivity contribution in [2.24, 2.45) is 0 Å². The van der Waals surface area contributed by atoms with E-state index in [9.17, 15) is 4.79 Å². The van der Waals surface area contributed by atoms with Gasteiger partial charge in [0.25, 0.3) is 0 Å². The fourth-order valence-electron chi connectivity index (χ4n) is 2.20. The Labute approximate surface area is 118 Å². The Morgan fingerprint density at radius 2 is 2.10 bits per heavy atom. The molecule has 0 atom stereocenters. The SMILES string of the molecule is CCC(=O)c1nnn(-c2ccc(OC)c(C)c2)c1CC. The first-order chi connectivity index (χ1) is 9.62. The Hall–Kier alpha value is -2.17. The minimum Gasteiger partial charge on any atom is -0.496 e. The molecule has 0 radical (unpaired) electrons. The van der Waals surface area contributed by atoms with Gasteiger partial charge in [0, 0.05) is 6.42 Å². The highest BCUT2D eigenvalue weighted by Crippen LogP contribution is 2.22. The number of hydrogen-bond donors (Lipinski definition) is 0. The average molecular weight is 273 g/mol. The van der Waals surface area contributed by atoms with E-state index in [1.807, 2.05) is 39.0 Å². The van der Waals surface area contributed by atoms with Crippen LogP contribution in [0, 0.1) is 6.92 Å². The number of Topliss-reactive ketones (excluding diaryl/α,β-unsaturated/α-hetero) is 1. The summed E-state index contributed by atoms with van der Waals surface area (Å²) in [6.45, 7) is 5.80. The molecule has 20 heavy (non-hydrogen) atoms. The van der Waals surface area contributed by atoms with Crippen LogP contribution >= 0.6 is 0 Å². The van der Waals surface area contributed by atoms with Gasteiger partial charge in [0.05, 0.1) is 18.5 Å². The summed E-state index contributed by atoms with van der Waals surface area (Å²) in [6.07, 6.45) is 1.15. The van der Waals surface area contributed by atoms with E-state index < -0.39 is 0 Å². The Bertz CT molecular complexity index is 632. The number of hydrogen-bond acceptors (Lipinski definition) is 4. The number of carbonyl (C=O) groups is 1. The number of methoxy groups -OCH3 is 1. The van der Waals surface area contributed by atoms with Gasteiger partial charge in [-0.1, -0.05) is 19.1 Å². The number of benzene rings is 1. The summed E-state index contributed by atoms with van der Waals surface area (Å²) in [6, 6.07) is 5.79. The minimum absolute atomic E-state index is 0.0262. The van der Waals surface area contributed by atoms with Crippen LogP contribution in [-0.4, -0.2) is 27.9 Å². The van der Waals surface area contributed by atoms with Crippen LogP contribution in [-0.2, 0) is 6.42 Å². The monoisotopic (exact) mass is 273 g/mol. The van der Waals surface area contributed by atoms with Crippen molar-refractivity contribution < 1.29 is 9.53 Å². The summed E-state index contributed by atoms with van der Waals surface area (Å²) in [5, 5.41) is 8.17. The maximum atomic E-state index is 11.9.